The maximum Gasteiger partial charge on any atom is 0.222 e. The maximum atomic E-state index is 10.8. The fourth-order valence-electron chi connectivity index (χ4n) is 1.09. The highest BCUT2D eigenvalue weighted by molar-refractivity contribution is 5.78. The highest BCUT2D eigenvalue weighted by Crippen LogP contribution is 2.08. The number of aliphatic hydroxyl groups is 2. The number of aliphatic hydroxyl groups excluding tert-OH is 1. The summed E-state index contributed by atoms with van der Waals surface area (Å²) in [7, 11) is 0. The Bertz CT molecular complexity index is 135. The summed E-state index contributed by atoms with van der Waals surface area (Å²) >= 11 is 0. The van der Waals surface area contributed by atoms with Gasteiger partial charge in [-0.15, -0.1) is 0 Å². The minimum absolute atomic E-state index is 0.0214. The Kier molecular flexibility index (Phi) is 2.24. The van der Waals surface area contributed by atoms with E-state index in [1.165, 1.54) is 4.90 Å². The Labute approximate surface area is 59.1 Å². The SMILES string of the molecule is O=C1CCCN1CC(O)O. The van der Waals surface area contributed by atoms with E-state index in [0.29, 0.717) is 13.0 Å². The third-order valence-corrected chi connectivity index (χ3v) is 1.56. The number of amides is 1. The average molecular weight is 145 g/mol. The fourth-order valence-corrected chi connectivity index (χ4v) is 1.09. The molecule has 4 nitrogen and oxygen atoms in total. The summed E-state index contributed by atoms with van der Waals surface area (Å²) in [4.78, 5) is 12.3. The Morgan fingerprint density at radius 2 is 2.30 bits per heavy atom. The molecule has 2 N–H and O–H groups in total. The van der Waals surface area contributed by atoms with Crippen LogP contribution >= 0.6 is 0 Å². The molecule has 1 fully saturated rings. The quantitative estimate of drug-likeness (QED) is 0.486. The first-order valence-electron chi connectivity index (χ1n) is 3.34. The summed E-state index contributed by atoms with van der Waals surface area (Å²) in [6, 6.07) is 0. The molecule has 1 amide bonds. The number of carbonyl (C=O) groups is 1. The van der Waals surface area contributed by atoms with Crippen LogP contribution < -0.4 is 0 Å². The summed E-state index contributed by atoms with van der Waals surface area (Å²) in [5.41, 5.74) is 0. The van der Waals surface area contributed by atoms with Crippen molar-refractivity contribution in [1.29, 1.82) is 0 Å². The fraction of sp³-hybridized carbons (Fsp3) is 0.833. The molecule has 0 saturated carbocycles. The number of β-amino-alcohol motifs (C(OH)–C–C–N with tert-alkyl or cyclic N) is 2. The predicted molar refractivity (Wildman–Crippen MR) is 34.0 cm³/mol. The first-order valence-corrected chi connectivity index (χ1v) is 3.34. The average Bonchev–Trinajstić information content (AvgIpc) is 2.15. The third kappa shape index (κ3) is 1.68. The van der Waals surface area contributed by atoms with E-state index in [9.17, 15) is 4.79 Å². The van der Waals surface area contributed by atoms with Gasteiger partial charge in [-0.2, -0.15) is 0 Å². The van der Waals surface area contributed by atoms with Gasteiger partial charge in [-0.3, -0.25) is 4.79 Å². The van der Waals surface area contributed by atoms with E-state index in [1.807, 2.05) is 0 Å². The number of hydrogen-bond donors (Lipinski definition) is 2. The van der Waals surface area contributed by atoms with Crippen LogP contribution in [0.2, 0.25) is 0 Å². The van der Waals surface area contributed by atoms with E-state index >= 15 is 0 Å². The minimum atomic E-state index is -1.39. The molecular weight excluding hydrogens is 134 g/mol. The molecule has 58 valence electrons. The van der Waals surface area contributed by atoms with Gasteiger partial charge in [0.1, 0.15) is 0 Å². The Morgan fingerprint density at radius 1 is 1.60 bits per heavy atom. The maximum absolute atomic E-state index is 10.8. The summed E-state index contributed by atoms with van der Waals surface area (Å²) in [6.07, 6.45) is 0.000185. The second-order valence-electron chi connectivity index (χ2n) is 2.42. The molecule has 1 heterocycles. The number of carbonyl (C=O) groups excluding carboxylic acids is 1. The topological polar surface area (TPSA) is 60.8 Å². The zero-order valence-corrected chi connectivity index (χ0v) is 5.66. The third-order valence-electron chi connectivity index (χ3n) is 1.56. The highest BCUT2D eigenvalue weighted by Gasteiger charge is 2.21. The van der Waals surface area contributed by atoms with Crippen LogP contribution in [-0.2, 0) is 4.79 Å². The van der Waals surface area contributed by atoms with Gasteiger partial charge in [0.2, 0.25) is 5.91 Å². The van der Waals surface area contributed by atoms with E-state index in [2.05, 4.69) is 0 Å². The Hall–Kier alpha value is -0.610. The highest BCUT2D eigenvalue weighted by atomic mass is 16.5. The molecule has 0 spiro atoms. The lowest BCUT2D eigenvalue weighted by atomic mass is 10.4. The molecule has 0 radical (unpaired) electrons. The van der Waals surface area contributed by atoms with Crippen molar-refractivity contribution < 1.29 is 15.0 Å². The molecule has 4 heteroatoms. The van der Waals surface area contributed by atoms with Crippen LogP contribution in [0.1, 0.15) is 12.8 Å². The van der Waals surface area contributed by atoms with E-state index in [-0.39, 0.29) is 12.5 Å². The van der Waals surface area contributed by atoms with Crippen molar-refractivity contribution >= 4 is 5.91 Å². The molecule has 1 rings (SSSR count). The minimum Gasteiger partial charge on any atom is -0.367 e. The van der Waals surface area contributed by atoms with Crippen LogP contribution in [0.4, 0.5) is 0 Å². The van der Waals surface area contributed by atoms with Crippen LogP contribution in [0, 0.1) is 0 Å². The first kappa shape index (κ1) is 7.50. The van der Waals surface area contributed by atoms with Crippen molar-refractivity contribution in [2.45, 2.75) is 19.1 Å². The van der Waals surface area contributed by atoms with Crippen LogP contribution in [0.25, 0.3) is 0 Å². The first-order chi connectivity index (χ1) is 4.70. The predicted octanol–water partition coefficient (Wildman–Crippen LogP) is -1.08. The van der Waals surface area contributed by atoms with E-state index in [4.69, 9.17) is 10.2 Å². The molecule has 0 unspecified atom stereocenters. The number of hydrogen-bond acceptors (Lipinski definition) is 3. The molecule has 1 aliphatic heterocycles. The van der Waals surface area contributed by atoms with Gasteiger partial charge >= 0.3 is 0 Å². The summed E-state index contributed by atoms with van der Waals surface area (Å²) in [5, 5.41) is 17.0. The summed E-state index contributed by atoms with van der Waals surface area (Å²) < 4.78 is 0. The molecule has 0 aromatic heterocycles. The lowest BCUT2D eigenvalue weighted by molar-refractivity contribution is -0.133. The number of rotatable bonds is 2. The Balaban J connectivity index is 2.33. The zero-order chi connectivity index (χ0) is 7.56. The number of nitrogens with zero attached hydrogens (tertiary/aromatic N) is 1. The van der Waals surface area contributed by atoms with Gasteiger partial charge in [0.15, 0.2) is 6.29 Å². The van der Waals surface area contributed by atoms with Gasteiger partial charge in [0.25, 0.3) is 0 Å². The van der Waals surface area contributed by atoms with E-state index < -0.39 is 6.29 Å². The van der Waals surface area contributed by atoms with Crippen molar-refractivity contribution in [3.8, 4) is 0 Å². The van der Waals surface area contributed by atoms with Crippen LogP contribution in [0.15, 0.2) is 0 Å². The second-order valence-corrected chi connectivity index (χ2v) is 2.42. The molecule has 0 atom stereocenters. The second kappa shape index (κ2) is 2.98. The lowest BCUT2D eigenvalue weighted by Gasteiger charge is -2.15. The summed E-state index contributed by atoms with van der Waals surface area (Å²) in [6.45, 7) is 0.718. The van der Waals surface area contributed by atoms with Gasteiger partial charge in [-0.05, 0) is 6.42 Å². The van der Waals surface area contributed by atoms with Crippen molar-refractivity contribution in [1.82, 2.24) is 4.90 Å². The molecule has 0 aromatic carbocycles. The summed E-state index contributed by atoms with van der Waals surface area (Å²) in [5.74, 6) is 0.0214. The smallest absolute Gasteiger partial charge is 0.222 e. The van der Waals surface area contributed by atoms with Crippen molar-refractivity contribution in [3.63, 3.8) is 0 Å². The molecule has 10 heavy (non-hydrogen) atoms. The molecule has 1 saturated heterocycles. The molecule has 0 bridgehead atoms. The van der Waals surface area contributed by atoms with Gasteiger partial charge in [0, 0.05) is 13.0 Å². The Morgan fingerprint density at radius 3 is 2.70 bits per heavy atom. The van der Waals surface area contributed by atoms with E-state index in [0.717, 1.165) is 6.42 Å². The standard InChI is InChI=1S/C6H11NO3/c8-5-2-1-3-7(5)4-6(9)10/h6,9-10H,1-4H2. The van der Waals surface area contributed by atoms with Crippen LogP contribution in [0.3, 0.4) is 0 Å². The van der Waals surface area contributed by atoms with Gasteiger partial charge in [0.05, 0.1) is 6.54 Å². The lowest BCUT2D eigenvalue weighted by Crippen LogP contribution is -2.32. The van der Waals surface area contributed by atoms with Crippen molar-refractivity contribution in [2.75, 3.05) is 13.1 Å². The molecule has 0 aliphatic carbocycles. The van der Waals surface area contributed by atoms with Gasteiger partial charge in [-0.1, -0.05) is 0 Å². The van der Waals surface area contributed by atoms with Crippen LogP contribution in [0.5, 0.6) is 0 Å². The van der Waals surface area contributed by atoms with Gasteiger partial charge in [-0.25, -0.2) is 0 Å². The largest absolute Gasteiger partial charge is 0.367 e. The van der Waals surface area contributed by atoms with Crippen molar-refractivity contribution in [2.24, 2.45) is 0 Å². The zero-order valence-electron chi connectivity index (χ0n) is 5.66. The van der Waals surface area contributed by atoms with Crippen molar-refractivity contribution in [3.05, 3.63) is 0 Å². The van der Waals surface area contributed by atoms with E-state index in [1.54, 1.807) is 0 Å². The molecular formula is C6H11NO3. The van der Waals surface area contributed by atoms with Crippen LogP contribution in [-0.4, -0.2) is 40.4 Å². The normalized spacial score (nSPS) is 19.1. The number of likely N-dealkylation sites (tertiary alicyclic amines) is 1. The molecule has 0 aromatic rings. The monoisotopic (exact) mass is 145 g/mol. The van der Waals surface area contributed by atoms with Gasteiger partial charge < -0.3 is 15.1 Å². The molecule has 1 aliphatic rings.